The standard InChI is InChI=1S/C16H25NO/c1-3-4-9-18-16-7-5-14(6-8-16)12-17-15-10-13(2)11-15/h5-8,13,15,17H,3-4,9-12H2,1-2H3. The molecule has 0 heterocycles. The van der Waals surface area contributed by atoms with Crippen molar-refractivity contribution in [3.8, 4) is 5.75 Å². The topological polar surface area (TPSA) is 21.3 Å². The van der Waals surface area contributed by atoms with Crippen LogP contribution in [0, 0.1) is 5.92 Å². The van der Waals surface area contributed by atoms with Gasteiger partial charge in [0.2, 0.25) is 0 Å². The van der Waals surface area contributed by atoms with Gasteiger partial charge >= 0.3 is 0 Å². The molecule has 18 heavy (non-hydrogen) atoms. The number of nitrogens with one attached hydrogen (secondary N) is 1. The van der Waals surface area contributed by atoms with Gasteiger partial charge in [-0.2, -0.15) is 0 Å². The minimum Gasteiger partial charge on any atom is -0.494 e. The van der Waals surface area contributed by atoms with Crippen LogP contribution in [0.2, 0.25) is 0 Å². The van der Waals surface area contributed by atoms with Crippen molar-refractivity contribution in [1.29, 1.82) is 0 Å². The molecular formula is C16H25NO. The van der Waals surface area contributed by atoms with Gasteiger partial charge in [-0.15, -0.1) is 0 Å². The van der Waals surface area contributed by atoms with E-state index in [9.17, 15) is 0 Å². The van der Waals surface area contributed by atoms with Crippen LogP contribution in [0.1, 0.15) is 45.1 Å². The summed E-state index contributed by atoms with van der Waals surface area (Å²) in [6.45, 7) is 6.31. The molecule has 1 N–H and O–H groups in total. The summed E-state index contributed by atoms with van der Waals surface area (Å²) in [5.41, 5.74) is 1.34. The van der Waals surface area contributed by atoms with Crippen LogP contribution < -0.4 is 10.1 Å². The predicted molar refractivity (Wildman–Crippen MR) is 75.9 cm³/mol. The van der Waals surface area contributed by atoms with E-state index >= 15 is 0 Å². The molecule has 2 heteroatoms. The van der Waals surface area contributed by atoms with Gasteiger partial charge in [-0.25, -0.2) is 0 Å². The number of hydrogen-bond donors (Lipinski definition) is 1. The Morgan fingerprint density at radius 2 is 1.94 bits per heavy atom. The summed E-state index contributed by atoms with van der Waals surface area (Å²) in [7, 11) is 0. The molecule has 0 unspecified atom stereocenters. The monoisotopic (exact) mass is 247 g/mol. The molecule has 0 bridgehead atoms. The SMILES string of the molecule is CCCCOc1ccc(CNC2CC(C)C2)cc1. The van der Waals surface area contributed by atoms with Crippen LogP contribution in [0.25, 0.3) is 0 Å². The zero-order chi connectivity index (χ0) is 12.8. The Kier molecular flexibility index (Phi) is 5.06. The lowest BCUT2D eigenvalue weighted by atomic mass is 9.82. The summed E-state index contributed by atoms with van der Waals surface area (Å²) in [5.74, 6) is 1.90. The van der Waals surface area contributed by atoms with E-state index in [0.29, 0.717) is 0 Å². The van der Waals surface area contributed by atoms with Gasteiger partial charge in [-0.3, -0.25) is 0 Å². The second-order valence-electron chi connectivity index (χ2n) is 5.50. The van der Waals surface area contributed by atoms with Gasteiger partial charge in [-0.05, 0) is 42.9 Å². The first-order valence-corrected chi connectivity index (χ1v) is 7.23. The number of hydrogen-bond acceptors (Lipinski definition) is 2. The Bertz CT molecular complexity index is 341. The van der Waals surface area contributed by atoms with E-state index < -0.39 is 0 Å². The highest BCUT2D eigenvalue weighted by molar-refractivity contribution is 5.27. The minimum atomic E-state index is 0.737. The van der Waals surface area contributed by atoms with Crippen molar-refractivity contribution < 1.29 is 4.74 Å². The van der Waals surface area contributed by atoms with Crippen molar-refractivity contribution in [3.05, 3.63) is 29.8 Å². The van der Waals surface area contributed by atoms with Crippen molar-refractivity contribution in [1.82, 2.24) is 5.32 Å². The molecule has 1 aromatic carbocycles. The van der Waals surface area contributed by atoms with Gasteiger partial charge in [0, 0.05) is 12.6 Å². The van der Waals surface area contributed by atoms with E-state index in [4.69, 9.17) is 4.74 Å². The third kappa shape index (κ3) is 4.02. The van der Waals surface area contributed by atoms with Crippen LogP contribution in [0.5, 0.6) is 5.75 Å². The molecule has 2 rings (SSSR count). The maximum atomic E-state index is 5.65. The highest BCUT2D eigenvalue weighted by atomic mass is 16.5. The van der Waals surface area contributed by atoms with Gasteiger partial charge in [0.1, 0.15) is 5.75 Å². The third-order valence-corrected chi connectivity index (χ3v) is 3.66. The molecule has 0 spiro atoms. The molecule has 1 aliphatic carbocycles. The minimum absolute atomic E-state index is 0.737. The molecule has 1 saturated carbocycles. The van der Waals surface area contributed by atoms with E-state index in [0.717, 1.165) is 37.3 Å². The molecule has 1 aromatic rings. The number of unbranched alkanes of at least 4 members (excludes halogenated alkanes) is 1. The lowest BCUT2D eigenvalue weighted by Crippen LogP contribution is -2.39. The quantitative estimate of drug-likeness (QED) is 0.741. The number of ether oxygens (including phenoxy) is 1. The van der Waals surface area contributed by atoms with Crippen LogP contribution in [0.15, 0.2) is 24.3 Å². The molecule has 0 saturated heterocycles. The number of rotatable bonds is 7. The number of benzene rings is 1. The van der Waals surface area contributed by atoms with Crippen molar-refractivity contribution in [3.63, 3.8) is 0 Å². The van der Waals surface area contributed by atoms with Crippen molar-refractivity contribution >= 4 is 0 Å². The molecule has 2 nitrogen and oxygen atoms in total. The van der Waals surface area contributed by atoms with E-state index in [1.165, 1.54) is 24.8 Å². The van der Waals surface area contributed by atoms with Crippen LogP contribution >= 0.6 is 0 Å². The first-order valence-electron chi connectivity index (χ1n) is 7.23. The molecule has 1 fully saturated rings. The van der Waals surface area contributed by atoms with Crippen LogP contribution in [0.3, 0.4) is 0 Å². The third-order valence-electron chi connectivity index (χ3n) is 3.66. The molecule has 0 radical (unpaired) electrons. The van der Waals surface area contributed by atoms with Crippen LogP contribution in [0.4, 0.5) is 0 Å². The van der Waals surface area contributed by atoms with Gasteiger partial charge in [-0.1, -0.05) is 32.4 Å². The van der Waals surface area contributed by atoms with Gasteiger partial charge in [0.25, 0.3) is 0 Å². The average molecular weight is 247 g/mol. The van der Waals surface area contributed by atoms with Crippen LogP contribution in [-0.4, -0.2) is 12.6 Å². The highest BCUT2D eigenvalue weighted by Gasteiger charge is 2.24. The smallest absolute Gasteiger partial charge is 0.119 e. The average Bonchev–Trinajstić information content (AvgIpc) is 2.35. The summed E-state index contributed by atoms with van der Waals surface area (Å²) in [5, 5.41) is 3.60. The summed E-state index contributed by atoms with van der Waals surface area (Å²) in [6, 6.07) is 9.22. The summed E-state index contributed by atoms with van der Waals surface area (Å²) in [4.78, 5) is 0. The molecular weight excluding hydrogens is 222 g/mol. The molecule has 100 valence electrons. The molecule has 1 aliphatic rings. The maximum absolute atomic E-state index is 5.65. The Hall–Kier alpha value is -1.02. The maximum Gasteiger partial charge on any atom is 0.119 e. The van der Waals surface area contributed by atoms with Crippen molar-refractivity contribution in [2.24, 2.45) is 5.92 Å². The summed E-state index contributed by atoms with van der Waals surface area (Å²) in [6.07, 6.45) is 4.97. The molecule has 0 atom stereocenters. The lowest BCUT2D eigenvalue weighted by Gasteiger charge is -2.33. The van der Waals surface area contributed by atoms with Gasteiger partial charge < -0.3 is 10.1 Å². The fourth-order valence-electron chi connectivity index (χ4n) is 2.37. The van der Waals surface area contributed by atoms with Gasteiger partial charge in [0.05, 0.1) is 6.61 Å². The Morgan fingerprint density at radius 3 is 2.56 bits per heavy atom. The highest BCUT2D eigenvalue weighted by Crippen LogP contribution is 2.26. The zero-order valence-electron chi connectivity index (χ0n) is 11.6. The zero-order valence-corrected chi connectivity index (χ0v) is 11.6. The van der Waals surface area contributed by atoms with E-state index in [2.05, 4.69) is 43.4 Å². The molecule has 0 aromatic heterocycles. The van der Waals surface area contributed by atoms with E-state index in [1.807, 2.05) is 0 Å². The van der Waals surface area contributed by atoms with E-state index in [1.54, 1.807) is 0 Å². The Labute approximate surface area is 111 Å². The second-order valence-corrected chi connectivity index (χ2v) is 5.50. The first kappa shape index (κ1) is 13.4. The fraction of sp³-hybridized carbons (Fsp3) is 0.625. The lowest BCUT2D eigenvalue weighted by molar-refractivity contribution is 0.240. The molecule has 0 aliphatic heterocycles. The largest absolute Gasteiger partial charge is 0.494 e. The van der Waals surface area contributed by atoms with Crippen molar-refractivity contribution in [2.45, 2.75) is 52.1 Å². The Morgan fingerprint density at radius 1 is 1.22 bits per heavy atom. The molecule has 0 amide bonds. The predicted octanol–water partition coefficient (Wildman–Crippen LogP) is 3.75. The first-order chi connectivity index (χ1) is 8.78. The summed E-state index contributed by atoms with van der Waals surface area (Å²) < 4.78 is 5.65. The fourth-order valence-corrected chi connectivity index (χ4v) is 2.37. The summed E-state index contributed by atoms with van der Waals surface area (Å²) >= 11 is 0. The van der Waals surface area contributed by atoms with E-state index in [-0.39, 0.29) is 0 Å². The Balaban J connectivity index is 1.70. The second kappa shape index (κ2) is 6.79. The van der Waals surface area contributed by atoms with Gasteiger partial charge in [0.15, 0.2) is 0 Å². The normalized spacial score (nSPS) is 22.6. The van der Waals surface area contributed by atoms with Crippen LogP contribution in [-0.2, 0) is 6.54 Å². The van der Waals surface area contributed by atoms with Crippen molar-refractivity contribution in [2.75, 3.05) is 6.61 Å².